The second kappa shape index (κ2) is 12.0. The first-order chi connectivity index (χ1) is 19.5. The van der Waals surface area contributed by atoms with Gasteiger partial charge >= 0.3 is 0 Å². The summed E-state index contributed by atoms with van der Waals surface area (Å²) < 4.78 is 13.0. The Labute approximate surface area is 233 Å². The van der Waals surface area contributed by atoms with Gasteiger partial charge in [0.25, 0.3) is 0 Å². The summed E-state index contributed by atoms with van der Waals surface area (Å²) in [5, 5.41) is 6.20. The van der Waals surface area contributed by atoms with Crippen molar-refractivity contribution in [3.8, 4) is 17.3 Å². The molecule has 1 aliphatic rings. The van der Waals surface area contributed by atoms with Crippen molar-refractivity contribution < 1.29 is 14.3 Å². The summed E-state index contributed by atoms with van der Waals surface area (Å²) in [6.07, 6.45) is 7.12. The normalized spacial score (nSPS) is 13.3. The highest BCUT2D eigenvalue weighted by atomic mass is 16.5. The molecule has 5 rings (SSSR count). The van der Waals surface area contributed by atoms with Gasteiger partial charge in [0.2, 0.25) is 11.9 Å². The second-order valence-electron chi connectivity index (χ2n) is 9.57. The molecule has 0 unspecified atom stereocenters. The number of aromatic nitrogens is 4. The summed E-state index contributed by atoms with van der Waals surface area (Å²) in [6.45, 7) is 7.61. The molecular formula is C29H34N8O3. The molecule has 2 aromatic heterocycles. The Morgan fingerprint density at radius 1 is 1.10 bits per heavy atom. The number of likely N-dealkylation sites (N-methyl/N-ethyl adjacent to an activating group) is 1. The number of anilines is 4. The first kappa shape index (κ1) is 26.9. The molecule has 0 spiro atoms. The first-order valence-electron chi connectivity index (χ1n) is 13.2. The van der Waals surface area contributed by atoms with Gasteiger partial charge in [-0.25, -0.2) is 9.97 Å². The lowest BCUT2D eigenvalue weighted by Gasteiger charge is -2.26. The smallest absolute Gasteiger partial charge is 0.247 e. The predicted molar refractivity (Wildman–Crippen MR) is 157 cm³/mol. The van der Waals surface area contributed by atoms with Crippen LogP contribution in [0.25, 0.3) is 16.9 Å². The van der Waals surface area contributed by atoms with E-state index in [4.69, 9.17) is 14.5 Å². The quantitative estimate of drug-likeness (QED) is 0.269. The average Bonchev–Trinajstić information content (AvgIpc) is 3.66. The van der Waals surface area contributed by atoms with Crippen LogP contribution >= 0.6 is 0 Å². The van der Waals surface area contributed by atoms with Gasteiger partial charge in [-0.2, -0.15) is 4.98 Å². The minimum atomic E-state index is -0.300. The minimum absolute atomic E-state index is 0.300. The van der Waals surface area contributed by atoms with Crippen molar-refractivity contribution in [1.82, 2.24) is 24.4 Å². The maximum absolute atomic E-state index is 12.3. The Kier molecular flexibility index (Phi) is 8.11. The van der Waals surface area contributed by atoms with E-state index in [0.29, 0.717) is 28.9 Å². The van der Waals surface area contributed by atoms with Crippen LogP contribution in [0.15, 0.2) is 61.6 Å². The van der Waals surface area contributed by atoms with E-state index in [1.54, 1.807) is 32.8 Å². The molecule has 4 aromatic rings. The average molecular weight is 543 g/mol. The number of carbonyl (C=O) groups excluding carboxylic acids is 1. The van der Waals surface area contributed by atoms with Crippen LogP contribution in [0, 0.1) is 0 Å². The van der Waals surface area contributed by atoms with Crippen LogP contribution in [-0.2, 0) is 4.79 Å². The van der Waals surface area contributed by atoms with Crippen molar-refractivity contribution in [2.75, 3.05) is 63.0 Å². The Hall–Kier alpha value is -4.64. The lowest BCUT2D eigenvalue weighted by atomic mass is 10.2. The summed E-state index contributed by atoms with van der Waals surface area (Å²) in [6, 6.07) is 11.2. The topological polar surface area (TPSA) is 110 Å². The molecule has 1 aliphatic heterocycles. The van der Waals surface area contributed by atoms with Crippen LogP contribution in [0.4, 0.5) is 23.0 Å². The van der Waals surface area contributed by atoms with Crippen LogP contribution in [0.2, 0.25) is 0 Å². The Bertz CT molecular complexity index is 1510. The van der Waals surface area contributed by atoms with E-state index in [9.17, 15) is 4.79 Å². The predicted octanol–water partition coefficient (Wildman–Crippen LogP) is 4.23. The van der Waals surface area contributed by atoms with Gasteiger partial charge < -0.3 is 29.9 Å². The lowest BCUT2D eigenvalue weighted by Crippen LogP contribution is -2.32. The summed E-state index contributed by atoms with van der Waals surface area (Å²) in [5.41, 5.74) is 3.75. The third-order valence-corrected chi connectivity index (χ3v) is 7.01. The Balaban J connectivity index is 1.45. The fourth-order valence-corrected chi connectivity index (χ4v) is 4.81. The fraction of sp³-hybridized carbons (Fsp3) is 0.310. The zero-order chi connectivity index (χ0) is 28.1. The molecule has 0 bridgehead atoms. The number of carbonyl (C=O) groups is 1. The van der Waals surface area contributed by atoms with Crippen LogP contribution in [0.1, 0.15) is 12.8 Å². The van der Waals surface area contributed by atoms with Crippen LogP contribution in [0.3, 0.4) is 0 Å². The number of fused-ring (bicyclic) bond motifs is 1. The zero-order valence-corrected chi connectivity index (χ0v) is 23.1. The zero-order valence-electron chi connectivity index (χ0n) is 23.1. The van der Waals surface area contributed by atoms with E-state index in [1.807, 2.05) is 41.9 Å². The summed E-state index contributed by atoms with van der Waals surface area (Å²) in [5.74, 6) is 2.01. The number of hydrogen-bond donors (Lipinski definition) is 2. The highest BCUT2D eigenvalue weighted by Crippen LogP contribution is 2.38. The summed E-state index contributed by atoms with van der Waals surface area (Å²) in [4.78, 5) is 30.5. The number of imidazole rings is 1. The number of amides is 1. The van der Waals surface area contributed by atoms with E-state index in [0.717, 1.165) is 48.6 Å². The van der Waals surface area contributed by atoms with Crippen molar-refractivity contribution in [3.63, 3.8) is 0 Å². The van der Waals surface area contributed by atoms with Crippen molar-refractivity contribution in [2.45, 2.75) is 12.8 Å². The molecule has 11 nitrogen and oxygen atoms in total. The van der Waals surface area contributed by atoms with Gasteiger partial charge in [-0.1, -0.05) is 6.58 Å². The molecule has 208 valence electrons. The number of methoxy groups -OCH3 is 2. The van der Waals surface area contributed by atoms with Gasteiger partial charge in [-0.15, -0.1) is 0 Å². The lowest BCUT2D eigenvalue weighted by molar-refractivity contribution is -0.111. The Morgan fingerprint density at radius 2 is 1.93 bits per heavy atom. The van der Waals surface area contributed by atoms with Crippen LogP contribution in [-0.4, -0.2) is 77.8 Å². The maximum atomic E-state index is 12.3. The van der Waals surface area contributed by atoms with E-state index in [2.05, 4.69) is 37.0 Å². The number of ether oxygens (including phenoxy) is 2. The largest absolute Gasteiger partial charge is 0.497 e. The standard InChI is InChI=1S/C29H34N8O3/c1-5-28(38)32-22-17-23(26(40-4)18-24(22)35(2)14-15-36-12-6-7-13-36)33-29-30-11-10-27(34-29)37-19-31-21-9-8-20(39-3)16-25(21)37/h5,8-11,16-19H,1,6-7,12-15H2,2-4H3,(H,32,38)(H,30,33,34). The molecule has 40 heavy (non-hydrogen) atoms. The molecule has 1 saturated heterocycles. The number of rotatable bonds is 11. The molecule has 2 N–H and O–H groups in total. The maximum Gasteiger partial charge on any atom is 0.247 e. The minimum Gasteiger partial charge on any atom is -0.497 e. The van der Waals surface area contributed by atoms with Gasteiger partial charge in [0.15, 0.2) is 0 Å². The van der Waals surface area contributed by atoms with Gasteiger partial charge in [0.1, 0.15) is 23.6 Å². The number of nitrogens with zero attached hydrogens (tertiary/aromatic N) is 6. The second-order valence-corrected chi connectivity index (χ2v) is 9.57. The molecular weight excluding hydrogens is 508 g/mol. The van der Waals surface area contributed by atoms with Crippen molar-refractivity contribution >= 4 is 40.0 Å². The summed E-state index contributed by atoms with van der Waals surface area (Å²) >= 11 is 0. The van der Waals surface area contributed by atoms with Crippen LogP contribution in [0.5, 0.6) is 11.5 Å². The molecule has 0 atom stereocenters. The number of likely N-dealkylation sites (tertiary alicyclic amines) is 1. The van der Waals surface area contributed by atoms with E-state index in [1.165, 1.54) is 18.9 Å². The van der Waals surface area contributed by atoms with E-state index < -0.39 is 0 Å². The van der Waals surface area contributed by atoms with Crippen molar-refractivity contribution in [1.29, 1.82) is 0 Å². The number of benzene rings is 2. The molecule has 0 radical (unpaired) electrons. The molecule has 1 fully saturated rings. The number of nitrogens with one attached hydrogen (secondary N) is 2. The molecule has 11 heteroatoms. The molecule has 0 saturated carbocycles. The van der Waals surface area contributed by atoms with Gasteiger partial charge in [-0.05, 0) is 56.3 Å². The third-order valence-electron chi connectivity index (χ3n) is 7.01. The highest BCUT2D eigenvalue weighted by Gasteiger charge is 2.18. The molecule has 1 amide bonds. The molecule has 2 aromatic carbocycles. The van der Waals surface area contributed by atoms with E-state index >= 15 is 0 Å². The van der Waals surface area contributed by atoms with Gasteiger partial charge in [0, 0.05) is 38.5 Å². The monoisotopic (exact) mass is 542 g/mol. The SMILES string of the molecule is C=CC(=O)Nc1cc(Nc2nccc(-n3cnc4ccc(OC)cc43)n2)c(OC)cc1N(C)CCN1CCCC1. The van der Waals surface area contributed by atoms with Gasteiger partial charge in [-0.3, -0.25) is 9.36 Å². The highest BCUT2D eigenvalue weighted by molar-refractivity contribution is 6.02. The van der Waals surface area contributed by atoms with Crippen molar-refractivity contribution in [3.05, 3.63) is 61.6 Å². The van der Waals surface area contributed by atoms with Gasteiger partial charge in [0.05, 0.1) is 42.3 Å². The number of hydrogen-bond acceptors (Lipinski definition) is 9. The van der Waals surface area contributed by atoms with Crippen molar-refractivity contribution in [2.24, 2.45) is 0 Å². The van der Waals surface area contributed by atoms with Crippen LogP contribution < -0.4 is 25.0 Å². The molecule has 3 heterocycles. The molecule has 0 aliphatic carbocycles. The van der Waals surface area contributed by atoms with E-state index in [-0.39, 0.29) is 5.91 Å². The first-order valence-corrected chi connectivity index (χ1v) is 13.2. The Morgan fingerprint density at radius 3 is 2.67 bits per heavy atom. The summed E-state index contributed by atoms with van der Waals surface area (Å²) in [7, 11) is 5.25. The third kappa shape index (κ3) is 5.84. The fourth-order valence-electron chi connectivity index (χ4n) is 4.81.